The zero-order valence-electron chi connectivity index (χ0n) is 15.4. The van der Waals surface area contributed by atoms with Gasteiger partial charge in [0.25, 0.3) is 11.5 Å². The van der Waals surface area contributed by atoms with E-state index in [1.165, 1.54) is 0 Å². The highest BCUT2D eigenvalue weighted by Crippen LogP contribution is 2.20. The lowest BCUT2D eigenvalue weighted by molar-refractivity contribution is 0.102. The fourth-order valence-electron chi connectivity index (χ4n) is 3.02. The van der Waals surface area contributed by atoms with Crippen molar-refractivity contribution in [2.75, 3.05) is 12.4 Å². The van der Waals surface area contributed by atoms with E-state index in [1.54, 1.807) is 53.8 Å². The highest BCUT2D eigenvalue weighted by Gasteiger charge is 2.16. The van der Waals surface area contributed by atoms with Crippen molar-refractivity contribution in [2.45, 2.75) is 20.4 Å². The normalized spacial score (nSPS) is 11.1. The minimum atomic E-state index is -0.272. The molecule has 0 bridgehead atoms. The molecule has 3 aromatic rings. The Morgan fingerprint density at radius 1 is 1.23 bits per heavy atom. The van der Waals surface area contributed by atoms with Gasteiger partial charge in [-0.2, -0.15) is 0 Å². The lowest BCUT2D eigenvalue weighted by Gasteiger charge is -2.09. The van der Waals surface area contributed by atoms with E-state index in [4.69, 9.17) is 4.74 Å². The van der Waals surface area contributed by atoms with E-state index in [0.29, 0.717) is 35.0 Å². The zero-order chi connectivity index (χ0) is 18.8. The second kappa shape index (κ2) is 7.07. The van der Waals surface area contributed by atoms with Crippen LogP contribution in [0, 0.1) is 5.92 Å². The van der Waals surface area contributed by atoms with Gasteiger partial charge in [-0.25, -0.2) is 0 Å². The Morgan fingerprint density at radius 3 is 2.69 bits per heavy atom. The Bertz CT molecular complexity index is 1010. The maximum atomic E-state index is 12.7. The molecule has 1 amide bonds. The van der Waals surface area contributed by atoms with Crippen molar-refractivity contribution in [2.24, 2.45) is 13.0 Å². The molecular weight excluding hydrogens is 330 g/mol. The summed E-state index contributed by atoms with van der Waals surface area (Å²) >= 11 is 0. The minimum Gasteiger partial charge on any atom is -0.497 e. The van der Waals surface area contributed by atoms with Crippen LogP contribution >= 0.6 is 0 Å². The highest BCUT2D eigenvalue weighted by molar-refractivity contribution is 6.06. The number of methoxy groups -OCH3 is 1. The van der Waals surface area contributed by atoms with Crippen molar-refractivity contribution in [1.29, 1.82) is 0 Å². The summed E-state index contributed by atoms with van der Waals surface area (Å²) in [5.41, 5.74) is 1.73. The number of fused-ring (bicyclic) bond motifs is 1. The van der Waals surface area contributed by atoms with E-state index >= 15 is 0 Å². The van der Waals surface area contributed by atoms with Gasteiger partial charge >= 0.3 is 0 Å². The van der Waals surface area contributed by atoms with Gasteiger partial charge < -0.3 is 19.2 Å². The van der Waals surface area contributed by atoms with Gasteiger partial charge in [-0.05, 0) is 30.2 Å². The van der Waals surface area contributed by atoms with E-state index < -0.39 is 0 Å². The first-order valence-electron chi connectivity index (χ1n) is 8.55. The number of nitrogens with one attached hydrogen (secondary N) is 1. The van der Waals surface area contributed by atoms with Crippen LogP contribution in [-0.4, -0.2) is 22.2 Å². The number of anilines is 1. The van der Waals surface area contributed by atoms with Crippen LogP contribution in [0.1, 0.15) is 24.3 Å². The van der Waals surface area contributed by atoms with Crippen molar-refractivity contribution in [3.8, 4) is 5.75 Å². The minimum absolute atomic E-state index is 0.0766. The Labute approximate surface area is 152 Å². The van der Waals surface area contributed by atoms with Crippen molar-refractivity contribution < 1.29 is 9.53 Å². The molecule has 0 aliphatic rings. The molecule has 136 valence electrons. The maximum Gasteiger partial charge on any atom is 0.272 e. The maximum absolute atomic E-state index is 12.7. The van der Waals surface area contributed by atoms with E-state index in [-0.39, 0.29) is 11.5 Å². The molecule has 2 heterocycles. The number of ether oxygens (including phenoxy) is 1. The largest absolute Gasteiger partial charge is 0.497 e. The molecule has 0 radical (unpaired) electrons. The summed E-state index contributed by atoms with van der Waals surface area (Å²) in [6.45, 7) is 4.78. The topological polar surface area (TPSA) is 65.3 Å². The smallest absolute Gasteiger partial charge is 0.272 e. The first-order valence-corrected chi connectivity index (χ1v) is 8.55. The van der Waals surface area contributed by atoms with Gasteiger partial charge in [0.05, 0.1) is 18.0 Å². The van der Waals surface area contributed by atoms with E-state index in [9.17, 15) is 9.59 Å². The third-order valence-corrected chi connectivity index (χ3v) is 4.31. The van der Waals surface area contributed by atoms with Gasteiger partial charge in [0, 0.05) is 31.5 Å². The van der Waals surface area contributed by atoms with Crippen LogP contribution in [0.2, 0.25) is 0 Å². The average Bonchev–Trinajstić information content (AvgIpc) is 2.95. The Kier molecular flexibility index (Phi) is 4.84. The number of rotatable bonds is 5. The number of amides is 1. The molecule has 0 aliphatic heterocycles. The van der Waals surface area contributed by atoms with Gasteiger partial charge in [0.1, 0.15) is 11.4 Å². The molecule has 1 aromatic carbocycles. The Morgan fingerprint density at radius 2 is 2.00 bits per heavy atom. The second-order valence-electron chi connectivity index (χ2n) is 6.74. The Balaban J connectivity index is 1.96. The summed E-state index contributed by atoms with van der Waals surface area (Å²) < 4.78 is 8.61. The molecule has 3 rings (SSSR count). The van der Waals surface area contributed by atoms with Crippen LogP contribution in [0.25, 0.3) is 10.9 Å². The van der Waals surface area contributed by atoms with Crippen molar-refractivity contribution in [3.05, 3.63) is 58.6 Å². The predicted molar refractivity (Wildman–Crippen MR) is 103 cm³/mol. The molecule has 0 fully saturated rings. The highest BCUT2D eigenvalue weighted by atomic mass is 16.5. The van der Waals surface area contributed by atoms with Crippen LogP contribution < -0.4 is 15.6 Å². The van der Waals surface area contributed by atoms with E-state index in [0.717, 1.165) is 5.52 Å². The Hall–Kier alpha value is -3.02. The molecule has 0 unspecified atom stereocenters. The van der Waals surface area contributed by atoms with Crippen molar-refractivity contribution in [1.82, 2.24) is 9.13 Å². The van der Waals surface area contributed by atoms with Crippen LogP contribution in [0.15, 0.2) is 47.4 Å². The number of nitrogens with zero attached hydrogens (tertiary/aromatic N) is 2. The summed E-state index contributed by atoms with van der Waals surface area (Å²) in [5, 5.41) is 3.40. The van der Waals surface area contributed by atoms with E-state index in [1.807, 2.05) is 12.1 Å². The molecule has 0 saturated carbocycles. The quantitative estimate of drug-likeness (QED) is 0.766. The molecule has 0 saturated heterocycles. The monoisotopic (exact) mass is 353 g/mol. The zero-order valence-corrected chi connectivity index (χ0v) is 15.4. The fraction of sp³-hybridized carbons (Fsp3) is 0.300. The van der Waals surface area contributed by atoms with Gasteiger partial charge in [0.15, 0.2) is 0 Å². The molecule has 6 nitrogen and oxygen atoms in total. The summed E-state index contributed by atoms with van der Waals surface area (Å²) in [6, 6.07) is 10.7. The summed E-state index contributed by atoms with van der Waals surface area (Å²) in [7, 11) is 3.36. The summed E-state index contributed by atoms with van der Waals surface area (Å²) in [6.07, 6.45) is 1.79. The average molecular weight is 353 g/mol. The third kappa shape index (κ3) is 3.35. The number of aryl methyl sites for hydroxylation is 1. The number of aromatic nitrogens is 2. The number of hydrogen-bond donors (Lipinski definition) is 1. The number of benzene rings is 1. The number of carbonyl (C=O) groups is 1. The summed E-state index contributed by atoms with van der Waals surface area (Å²) in [5.74, 6) is 0.757. The lowest BCUT2D eigenvalue weighted by Crippen LogP contribution is -2.21. The second-order valence-corrected chi connectivity index (χ2v) is 6.74. The lowest BCUT2D eigenvalue weighted by atomic mass is 10.2. The molecule has 26 heavy (non-hydrogen) atoms. The first-order chi connectivity index (χ1) is 12.4. The molecule has 1 N–H and O–H groups in total. The molecule has 0 aliphatic carbocycles. The molecule has 0 atom stereocenters. The summed E-state index contributed by atoms with van der Waals surface area (Å²) in [4.78, 5) is 25.4. The standard InChI is InChI=1S/C20H23N3O3/c1-13(2)12-23-9-8-17-16(20(23)25)11-18(22(17)3)19(24)21-14-6-5-7-15(10-14)26-4/h5-11,13H,12H2,1-4H3,(H,21,24). The van der Waals surface area contributed by atoms with Gasteiger partial charge in [-0.3, -0.25) is 9.59 Å². The van der Waals surface area contributed by atoms with Crippen LogP contribution in [0.4, 0.5) is 5.69 Å². The SMILES string of the molecule is COc1cccc(NC(=O)c2cc3c(=O)n(CC(C)C)ccc3n2C)c1. The molecule has 2 aromatic heterocycles. The van der Waals surface area contributed by atoms with E-state index in [2.05, 4.69) is 19.2 Å². The third-order valence-electron chi connectivity index (χ3n) is 4.31. The number of pyridine rings is 1. The first kappa shape index (κ1) is 17.8. The van der Waals surface area contributed by atoms with Crippen LogP contribution in [0.5, 0.6) is 5.75 Å². The van der Waals surface area contributed by atoms with Gasteiger partial charge in [-0.15, -0.1) is 0 Å². The molecular formula is C20H23N3O3. The van der Waals surface area contributed by atoms with Crippen molar-refractivity contribution >= 4 is 22.5 Å². The molecule has 0 spiro atoms. The van der Waals surface area contributed by atoms with Crippen LogP contribution in [-0.2, 0) is 13.6 Å². The number of carbonyl (C=O) groups excluding carboxylic acids is 1. The molecule has 6 heteroatoms. The van der Waals surface area contributed by atoms with Gasteiger partial charge in [0.2, 0.25) is 0 Å². The number of hydrogen-bond acceptors (Lipinski definition) is 3. The van der Waals surface area contributed by atoms with Crippen LogP contribution in [0.3, 0.4) is 0 Å². The van der Waals surface area contributed by atoms with Crippen molar-refractivity contribution in [3.63, 3.8) is 0 Å². The predicted octanol–water partition coefficient (Wildman–Crippen LogP) is 3.26. The fourth-order valence-corrected chi connectivity index (χ4v) is 3.02. The van der Waals surface area contributed by atoms with Gasteiger partial charge in [-0.1, -0.05) is 19.9 Å².